The van der Waals surface area contributed by atoms with E-state index in [2.05, 4.69) is 38.5 Å². The Labute approximate surface area is 170 Å². The van der Waals surface area contributed by atoms with E-state index in [-0.39, 0.29) is 0 Å². The smallest absolute Gasteiger partial charge is 0.111 e. The number of nitrogens with zero attached hydrogens (tertiary/aromatic N) is 2. The molecule has 0 aliphatic rings. The van der Waals surface area contributed by atoms with Gasteiger partial charge in [0.25, 0.3) is 0 Å². The van der Waals surface area contributed by atoms with Crippen LogP contribution in [0.4, 0.5) is 0 Å². The maximum Gasteiger partial charge on any atom is 0.111 e. The summed E-state index contributed by atoms with van der Waals surface area (Å²) >= 11 is 0. The summed E-state index contributed by atoms with van der Waals surface area (Å²) in [6.07, 6.45) is 24.5. The van der Waals surface area contributed by atoms with E-state index in [0.29, 0.717) is 5.92 Å². The van der Waals surface area contributed by atoms with E-state index in [4.69, 9.17) is 4.98 Å². The maximum absolute atomic E-state index is 4.86. The van der Waals surface area contributed by atoms with Gasteiger partial charge in [0.1, 0.15) is 5.82 Å². The van der Waals surface area contributed by atoms with Gasteiger partial charge < -0.3 is 4.57 Å². The van der Waals surface area contributed by atoms with E-state index in [1.807, 2.05) is 0 Å². The average molecular weight is 377 g/mol. The number of hydrogen-bond acceptors (Lipinski definition) is 1. The summed E-state index contributed by atoms with van der Waals surface area (Å²) in [6.45, 7) is 10.3. The lowest BCUT2D eigenvalue weighted by atomic mass is 10.0. The van der Waals surface area contributed by atoms with Crippen molar-refractivity contribution in [2.24, 2.45) is 0 Å². The molecule has 0 fully saturated rings. The Morgan fingerprint density at radius 2 is 1.22 bits per heavy atom. The van der Waals surface area contributed by atoms with Gasteiger partial charge in [0.05, 0.1) is 5.69 Å². The highest BCUT2D eigenvalue weighted by atomic mass is 15.1. The first kappa shape index (κ1) is 24.2. The van der Waals surface area contributed by atoms with Crippen LogP contribution in [0.1, 0.15) is 141 Å². The second kappa shape index (κ2) is 16.2. The van der Waals surface area contributed by atoms with Crippen LogP contribution >= 0.6 is 0 Å². The third-order valence-corrected chi connectivity index (χ3v) is 5.86. The zero-order valence-corrected chi connectivity index (χ0v) is 19.1. The van der Waals surface area contributed by atoms with Crippen LogP contribution in [0.15, 0.2) is 6.20 Å². The average Bonchev–Trinajstić information content (AvgIpc) is 3.03. The number of unbranched alkanes of at least 4 members (excludes halogenated alkanes) is 13. The van der Waals surface area contributed by atoms with E-state index in [0.717, 1.165) is 6.54 Å². The van der Waals surface area contributed by atoms with Crippen molar-refractivity contribution in [3.05, 3.63) is 17.7 Å². The van der Waals surface area contributed by atoms with Gasteiger partial charge in [0.15, 0.2) is 0 Å². The third kappa shape index (κ3) is 11.6. The van der Waals surface area contributed by atoms with E-state index in [1.54, 1.807) is 0 Å². The molecule has 1 rings (SSSR count). The molecular formula is C25H48N2. The van der Waals surface area contributed by atoms with Crippen LogP contribution in [0.3, 0.4) is 0 Å². The van der Waals surface area contributed by atoms with Gasteiger partial charge >= 0.3 is 0 Å². The van der Waals surface area contributed by atoms with Crippen LogP contribution in [-0.2, 0) is 6.54 Å². The molecule has 0 amide bonds. The van der Waals surface area contributed by atoms with Crippen LogP contribution in [0, 0.1) is 6.92 Å². The van der Waals surface area contributed by atoms with Crippen LogP contribution in [0.5, 0.6) is 0 Å². The molecule has 0 bridgehead atoms. The van der Waals surface area contributed by atoms with E-state index in [1.165, 1.54) is 114 Å². The lowest BCUT2D eigenvalue weighted by Gasteiger charge is -2.14. The predicted molar refractivity (Wildman–Crippen MR) is 121 cm³/mol. The molecule has 0 radical (unpaired) electrons. The minimum Gasteiger partial charge on any atom is -0.334 e. The number of aromatic nitrogens is 2. The molecule has 0 saturated heterocycles. The summed E-state index contributed by atoms with van der Waals surface area (Å²) in [5, 5.41) is 0. The number of hydrogen-bond donors (Lipinski definition) is 0. The van der Waals surface area contributed by atoms with E-state index in [9.17, 15) is 0 Å². The van der Waals surface area contributed by atoms with Gasteiger partial charge in [-0.05, 0) is 19.8 Å². The zero-order valence-electron chi connectivity index (χ0n) is 19.1. The fourth-order valence-electron chi connectivity index (χ4n) is 4.09. The monoisotopic (exact) mass is 376 g/mol. The molecule has 2 nitrogen and oxygen atoms in total. The van der Waals surface area contributed by atoms with Gasteiger partial charge in [-0.15, -0.1) is 0 Å². The SMILES string of the molecule is CCCCCCCCCCCn1cc(C)nc1C(C)CCCCCCCC. The normalized spacial score (nSPS) is 12.6. The van der Waals surface area contributed by atoms with Crippen molar-refractivity contribution < 1.29 is 0 Å². The van der Waals surface area contributed by atoms with Gasteiger partial charge in [-0.25, -0.2) is 4.98 Å². The molecule has 0 saturated carbocycles. The minimum absolute atomic E-state index is 0.600. The molecule has 2 heteroatoms. The van der Waals surface area contributed by atoms with Crippen molar-refractivity contribution in [3.8, 4) is 0 Å². The Hall–Kier alpha value is -0.790. The lowest BCUT2D eigenvalue weighted by molar-refractivity contribution is 0.500. The van der Waals surface area contributed by atoms with Crippen LogP contribution in [0.25, 0.3) is 0 Å². The first-order valence-electron chi connectivity index (χ1n) is 12.2. The Balaban J connectivity index is 2.20. The fourth-order valence-corrected chi connectivity index (χ4v) is 4.09. The van der Waals surface area contributed by atoms with Crippen molar-refractivity contribution in [2.75, 3.05) is 0 Å². The molecule has 1 atom stereocenters. The lowest BCUT2D eigenvalue weighted by Crippen LogP contribution is -2.07. The van der Waals surface area contributed by atoms with Gasteiger partial charge in [-0.2, -0.15) is 0 Å². The molecule has 1 unspecified atom stereocenters. The molecule has 0 spiro atoms. The molecule has 1 aromatic heterocycles. The van der Waals surface area contributed by atoms with Gasteiger partial charge in [0.2, 0.25) is 0 Å². The third-order valence-electron chi connectivity index (χ3n) is 5.86. The maximum atomic E-state index is 4.86. The van der Waals surface area contributed by atoms with Crippen molar-refractivity contribution in [3.63, 3.8) is 0 Å². The Bertz CT molecular complexity index is 449. The molecular weight excluding hydrogens is 328 g/mol. The highest BCUT2D eigenvalue weighted by Gasteiger charge is 2.13. The summed E-state index contributed by atoms with van der Waals surface area (Å²) in [6, 6.07) is 0. The Morgan fingerprint density at radius 3 is 1.78 bits per heavy atom. The predicted octanol–water partition coefficient (Wildman–Crippen LogP) is 8.58. The summed E-state index contributed by atoms with van der Waals surface area (Å²) in [7, 11) is 0. The summed E-state index contributed by atoms with van der Waals surface area (Å²) in [5.74, 6) is 1.93. The Kier molecular flexibility index (Phi) is 14.5. The topological polar surface area (TPSA) is 17.8 Å². The van der Waals surface area contributed by atoms with Crippen LogP contribution in [0.2, 0.25) is 0 Å². The Morgan fingerprint density at radius 1 is 0.741 bits per heavy atom. The summed E-state index contributed by atoms with van der Waals surface area (Å²) in [5.41, 5.74) is 1.19. The van der Waals surface area contributed by atoms with Crippen molar-refractivity contribution >= 4 is 0 Å². The van der Waals surface area contributed by atoms with Gasteiger partial charge in [0, 0.05) is 18.7 Å². The number of aryl methyl sites for hydroxylation is 2. The zero-order chi connectivity index (χ0) is 19.7. The van der Waals surface area contributed by atoms with Gasteiger partial charge in [-0.1, -0.05) is 111 Å². The quantitative estimate of drug-likeness (QED) is 0.234. The molecule has 0 aliphatic heterocycles. The van der Waals surface area contributed by atoms with E-state index >= 15 is 0 Å². The second-order valence-electron chi connectivity index (χ2n) is 8.72. The molecule has 1 heterocycles. The first-order valence-corrected chi connectivity index (χ1v) is 12.2. The molecule has 0 aliphatic carbocycles. The van der Waals surface area contributed by atoms with Crippen molar-refractivity contribution in [1.82, 2.24) is 9.55 Å². The molecule has 1 aromatic rings. The van der Waals surface area contributed by atoms with Crippen LogP contribution in [-0.4, -0.2) is 9.55 Å². The summed E-state index contributed by atoms with van der Waals surface area (Å²) < 4.78 is 2.46. The number of imidazole rings is 1. The largest absolute Gasteiger partial charge is 0.334 e. The molecule has 27 heavy (non-hydrogen) atoms. The highest BCUT2D eigenvalue weighted by Crippen LogP contribution is 2.23. The van der Waals surface area contributed by atoms with E-state index < -0.39 is 0 Å². The first-order chi connectivity index (χ1) is 13.2. The molecule has 0 N–H and O–H groups in total. The minimum atomic E-state index is 0.600. The summed E-state index contributed by atoms with van der Waals surface area (Å²) in [4.78, 5) is 4.86. The van der Waals surface area contributed by atoms with Gasteiger partial charge in [-0.3, -0.25) is 0 Å². The molecule has 0 aromatic carbocycles. The van der Waals surface area contributed by atoms with Crippen LogP contribution < -0.4 is 0 Å². The number of rotatable bonds is 18. The molecule has 158 valence electrons. The highest BCUT2D eigenvalue weighted by molar-refractivity contribution is 5.06. The van der Waals surface area contributed by atoms with Crippen molar-refractivity contribution in [1.29, 1.82) is 0 Å². The second-order valence-corrected chi connectivity index (χ2v) is 8.72. The van der Waals surface area contributed by atoms with Crippen molar-refractivity contribution in [2.45, 2.75) is 143 Å². The fraction of sp³-hybridized carbons (Fsp3) is 0.880. The standard InChI is InChI=1S/C25H48N2/c1-5-7-9-11-13-14-15-17-19-21-27-22-24(4)26-25(27)23(3)20-18-16-12-10-8-6-2/h22-23H,5-21H2,1-4H3.